The van der Waals surface area contributed by atoms with E-state index in [0.29, 0.717) is 0 Å². The molecule has 0 unspecified atom stereocenters. The average molecular weight is 1380 g/mol. The van der Waals surface area contributed by atoms with Gasteiger partial charge in [0.1, 0.15) is 0 Å². The molecule has 0 saturated carbocycles. The highest BCUT2D eigenvalue weighted by atomic mass is 15.2. The van der Waals surface area contributed by atoms with Crippen molar-refractivity contribution < 1.29 is 0 Å². The highest BCUT2D eigenvalue weighted by Gasteiger charge is 2.46. The molecule has 0 amide bonds. The summed E-state index contributed by atoms with van der Waals surface area (Å²) in [6.45, 7) is 9.16. The normalized spacial score (nSPS) is 12.3. The number of benzene rings is 13. The lowest BCUT2D eigenvalue weighted by Crippen LogP contribution is -2.61. The Labute approximate surface area is 631 Å². The van der Waals surface area contributed by atoms with Crippen molar-refractivity contribution in [1.29, 1.82) is 0 Å². The summed E-state index contributed by atoms with van der Waals surface area (Å²) in [6, 6.07) is 113. The van der Waals surface area contributed by atoms with Crippen LogP contribution in [0.2, 0.25) is 0 Å². The van der Waals surface area contributed by atoms with Gasteiger partial charge in [-0.1, -0.05) is 317 Å². The Morgan fingerprint density at radius 3 is 0.925 bits per heavy atom. The molecule has 3 nitrogen and oxygen atoms in total. The molecule has 106 heavy (non-hydrogen) atoms. The SMILES string of the molecule is CCCCCCc1ccc2c(c1)N(c1c(-c3ccccc3)cc(-c3ccccc3)cc1-c1ccccc1)c1cc(CCCCCC)cc3c1B2c1ccc(-n2c4ccc(CCCCCC)cc4c4cc(CCCCCC)ccc42)cc1N3c1c(-c2ccccc2)cc(-c2ccccc2)cc1-c1ccccc1. The second-order valence-corrected chi connectivity index (χ2v) is 30.1. The van der Waals surface area contributed by atoms with Gasteiger partial charge in [0.25, 0.3) is 6.71 Å². The first-order valence-electron chi connectivity index (χ1n) is 40.3. The molecule has 4 heteroatoms. The van der Waals surface area contributed by atoms with Gasteiger partial charge in [0.2, 0.25) is 0 Å². The lowest BCUT2D eigenvalue weighted by molar-refractivity contribution is 0.667. The van der Waals surface area contributed by atoms with E-state index in [2.05, 4.69) is 333 Å². The van der Waals surface area contributed by atoms with E-state index in [4.69, 9.17) is 0 Å². The molecule has 13 aromatic carbocycles. The van der Waals surface area contributed by atoms with Gasteiger partial charge in [0, 0.05) is 61.5 Å². The van der Waals surface area contributed by atoms with Crippen LogP contribution in [0.3, 0.4) is 0 Å². The van der Waals surface area contributed by atoms with E-state index in [0.717, 1.165) is 44.2 Å². The first-order chi connectivity index (χ1) is 52.5. The Balaban J connectivity index is 1.04. The van der Waals surface area contributed by atoms with Crippen molar-refractivity contribution in [2.75, 3.05) is 9.80 Å². The maximum Gasteiger partial charge on any atom is 0.252 e. The third-order valence-electron chi connectivity index (χ3n) is 22.8. The summed E-state index contributed by atoms with van der Waals surface area (Å²) in [5.74, 6) is 0. The van der Waals surface area contributed by atoms with Crippen LogP contribution in [0.1, 0.15) is 153 Å². The monoisotopic (exact) mass is 1380 g/mol. The minimum absolute atomic E-state index is 0.142. The van der Waals surface area contributed by atoms with Crippen LogP contribution in [-0.4, -0.2) is 11.3 Å². The van der Waals surface area contributed by atoms with Gasteiger partial charge >= 0.3 is 0 Å². The Kier molecular flexibility index (Phi) is 21.3. The van der Waals surface area contributed by atoms with Crippen molar-refractivity contribution in [2.24, 2.45) is 0 Å². The summed E-state index contributed by atoms with van der Waals surface area (Å²) >= 11 is 0. The fraction of sp³-hybridized carbons (Fsp3) is 0.235. The summed E-state index contributed by atoms with van der Waals surface area (Å²) < 4.78 is 2.63. The molecule has 1 aromatic heterocycles. The second-order valence-electron chi connectivity index (χ2n) is 30.1. The number of hydrogen-bond acceptors (Lipinski definition) is 2. The number of anilines is 6. The van der Waals surface area contributed by atoms with Crippen LogP contribution >= 0.6 is 0 Å². The lowest BCUT2D eigenvalue weighted by atomic mass is 9.33. The Hall–Kier alpha value is -10.7. The number of hydrogen-bond donors (Lipinski definition) is 0. The van der Waals surface area contributed by atoms with Crippen LogP contribution in [0.4, 0.5) is 34.1 Å². The van der Waals surface area contributed by atoms with Crippen molar-refractivity contribution in [1.82, 2.24) is 4.57 Å². The van der Waals surface area contributed by atoms with Gasteiger partial charge in [-0.25, -0.2) is 0 Å². The average Bonchev–Trinajstić information content (AvgIpc) is 0.730. The molecule has 2 aliphatic rings. The topological polar surface area (TPSA) is 11.4 Å². The number of nitrogens with zero attached hydrogens (tertiary/aromatic N) is 3. The third-order valence-corrected chi connectivity index (χ3v) is 22.8. The maximum atomic E-state index is 2.79. The maximum absolute atomic E-state index is 2.79. The molecule has 0 spiro atoms. The van der Waals surface area contributed by atoms with Gasteiger partial charge < -0.3 is 14.4 Å². The van der Waals surface area contributed by atoms with E-state index in [-0.39, 0.29) is 6.71 Å². The van der Waals surface area contributed by atoms with Gasteiger partial charge in [-0.2, -0.15) is 0 Å². The molecule has 16 rings (SSSR count). The summed E-state index contributed by atoms with van der Waals surface area (Å²) in [5.41, 5.74) is 34.7. The van der Waals surface area contributed by atoms with Crippen LogP contribution in [-0.2, 0) is 25.7 Å². The number of rotatable bonds is 29. The summed E-state index contributed by atoms with van der Waals surface area (Å²) in [6.07, 6.45) is 23.5. The molecule has 0 bridgehead atoms. The van der Waals surface area contributed by atoms with E-state index >= 15 is 0 Å². The first-order valence-corrected chi connectivity index (χ1v) is 40.3. The number of aromatic nitrogens is 1. The number of fused-ring (bicyclic) bond motifs is 7. The van der Waals surface area contributed by atoms with Crippen molar-refractivity contribution in [3.8, 4) is 72.4 Å². The lowest BCUT2D eigenvalue weighted by Gasteiger charge is -2.46. The van der Waals surface area contributed by atoms with E-state index in [1.807, 2.05) is 0 Å². The molecule has 0 saturated heterocycles. The zero-order chi connectivity index (χ0) is 71.7. The first kappa shape index (κ1) is 69.7. The van der Waals surface area contributed by atoms with Crippen LogP contribution < -0.4 is 26.2 Å². The summed E-state index contributed by atoms with van der Waals surface area (Å²) in [7, 11) is 0. The molecular weight excluding hydrogens is 1280 g/mol. The van der Waals surface area contributed by atoms with Crippen LogP contribution in [0.5, 0.6) is 0 Å². The molecule has 526 valence electrons. The van der Waals surface area contributed by atoms with Gasteiger partial charge in [-0.05, 0) is 213 Å². The largest absolute Gasteiger partial charge is 0.310 e. The van der Waals surface area contributed by atoms with Crippen LogP contribution in [0, 0.1) is 0 Å². The Morgan fingerprint density at radius 2 is 0.557 bits per heavy atom. The van der Waals surface area contributed by atoms with Crippen LogP contribution in [0.15, 0.2) is 291 Å². The van der Waals surface area contributed by atoms with Gasteiger partial charge in [-0.15, -0.1) is 0 Å². The highest BCUT2D eigenvalue weighted by Crippen LogP contribution is 2.55. The van der Waals surface area contributed by atoms with Crippen molar-refractivity contribution >= 4 is 79.0 Å². The van der Waals surface area contributed by atoms with Crippen LogP contribution in [0.25, 0.3) is 94.3 Å². The van der Waals surface area contributed by atoms with E-state index in [1.54, 1.807) is 0 Å². The quantitative estimate of drug-likeness (QED) is 0.0342. The molecule has 2 aliphatic heterocycles. The molecular formula is C102H100BN3. The molecule has 0 aliphatic carbocycles. The molecule has 0 radical (unpaired) electrons. The zero-order valence-corrected chi connectivity index (χ0v) is 62.8. The van der Waals surface area contributed by atoms with Crippen molar-refractivity contribution in [3.63, 3.8) is 0 Å². The van der Waals surface area contributed by atoms with Crippen molar-refractivity contribution in [3.05, 3.63) is 313 Å². The fourth-order valence-corrected chi connectivity index (χ4v) is 17.4. The Bertz CT molecular complexity index is 5160. The van der Waals surface area contributed by atoms with E-state index < -0.39 is 0 Å². The van der Waals surface area contributed by atoms with Gasteiger partial charge in [0.05, 0.1) is 22.4 Å². The summed E-state index contributed by atoms with van der Waals surface area (Å²) in [5, 5.41) is 2.69. The van der Waals surface area contributed by atoms with E-state index in [9.17, 15) is 0 Å². The van der Waals surface area contributed by atoms with E-state index in [1.165, 1.54) is 251 Å². The molecule has 14 aromatic rings. The smallest absolute Gasteiger partial charge is 0.252 e. The minimum atomic E-state index is -0.142. The van der Waals surface area contributed by atoms with Gasteiger partial charge in [0.15, 0.2) is 0 Å². The third kappa shape index (κ3) is 14.1. The fourth-order valence-electron chi connectivity index (χ4n) is 17.4. The van der Waals surface area contributed by atoms with Crippen molar-refractivity contribution in [2.45, 2.75) is 156 Å². The molecule has 3 heterocycles. The summed E-state index contributed by atoms with van der Waals surface area (Å²) in [4.78, 5) is 5.58. The predicted octanol–water partition coefficient (Wildman–Crippen LogP) is 27.4. The second kappa shape index (κ2) is 32.4. The molecule has 0 fully saturated rings. The molecule has 0 atom stereocenters. The zero-order valence-electron chi connectivity index (χ0n) is 62.8. The number of aryl methyl sites for hydroxylation is 4. The number of unbranched alkanes of at least 4 members (excludes halogenated alkanes) is 12. The molecule has 0 N–H and O–H groups in total. The Morgan fingerprint density at radius 1 is 0.245 bits per heavy atom. The minimum Gasteiger partial charge on any atom is -0.310 e. The highest BCUT2D eigenvalue weighted by molar-refractivity contribution is 7.00. The standard InChI is InChI=1S/C102H100BN3/c1-5-9-13-23-39-73-56-61-94-90(63-73)91-64-74(40-24-14-10-6-2)57-62-95(91)104(94)85-58-60-93-97(72-85)106(102-88(81-51-35-21-36-52-81)70-84(78-45-29-18-30-46-78)71-89(102)82-53-37-22-38-54-82)99-67-76(42-26-16-12-8-4)66-98-100(99)103(93)92-59-55-75(41-25-15-11-7-3)65-96(92)105(98)101-86(79-47-31-19-32-48-79)68-83(77-43-27-17-28-44-77)69-87(101)80-49-33-20-34-50-80/h17-22,27-38,43-72H,5-16,23-26,39-42H2,1-4H3. The van der Waals surface area contributed by atoms with Gasteiger partial charge in [-0.3, -0.25) is 0 Å². The predicted molar refractivity (Wildman–Crippen MR) is 459 cm³/mol.